The van der Waals surface area contributed by atoms with Crippen LogP contribution in [0.4, 0.5) is 11.6 Å². The molecule has 5 aromatic rings. The molecule has 0 spiro atoms. The Hall–Kier alpha value is -3.85. The van der Waals surface area contributed by atoms with E-state index in [1.807, 2.05) is 61.8 Å². The highest BCUT2D eigenvalue weighted by Gasteiger charge is 2.24. The molecule has 0 unspecified atom stereocenters. The van der Waals surface area contributed by atoms with E-state index in [1.54, 1.807) is 16.0 Å². The van der Waals surface area contributed by atoms with Crippen LogP contribution in [0.25, 0.3) is 32.6 Å². The summed E-state index contributed by atoms with van der Waals surface area (Å²) < 4.78 is 1.73. The number of carbonyl (C=O) groups is 1. The monoisotopic (exact) mass is 469 g/mol. The number of benzene rings is 1. The van der Waals surface area contributed by atoms with Crippen LogP contribution < -0.4 is 10.2 Å². The van der Waals surface area contributed by atoms with Crippen molar-refractivity contribution >= 4 is 50.9 Å². The minimum atomic E-state index is -0.244. The van der Waals surface area contributed by atoms with E-state index < -0.39 is 0 Å². The first-order chi connectivity index (χ1) is 16.6. The Morgan fingerprint density at radius 1 is 1.03 bits per heavy atom. The van der Waals surface area contributed by atoms with E-state index in [9.17, 15) is 4.79 Å². The number of nitrogens with zero attached hydrogens (tertiary/aromatic N) is 6. The van der Waals surface area contributed by atoms with Crippen LogP contribution in [0.3, 0.4) is 0 Å². The van der Waals surface area contributed by atoms with E-state index in [1.165, 1.54) is 0 Å². The van der Waals surface area contributed by atoms with E-state index in [0.717, 1.165) is 64.4 Å². The number of carbonyl (C=O) groups excluding carboxylic acids is 1. The SMILES string of the molecule is Cc1nn(C)c2nc(-c3cccs3)cc(C(=O)Nc3nc4ccccc4nc3N3CCCC3)c12. The van der Waals surface area contributed by atoms with Crippen LogP contribution in [-0.2, 0) is 7.05 Å². The number of amides is 1. The number of pyridine rings is 1. The standard InChI is InChI=1S/C25H23N7OS/c1-15-21-16(14-19(20-10-7-13-34-20)28-23(21)31(2)30-15)25(33)29-22-24(32-11-5-6-12-32)27-18-9-4-3-8-17(18)26-22/h3-4,7-10,13-14H,5-6,11-12H2,1-2H3,(H,26,29,33). The Kier molecular flexibility index (Phi) is 4.99. The Balaban J connectivity index is 1.48. The van der Waals surface area contributed by atoms with Crippen molar-refractivity contribution in [2.24, 2.45) is 7.05 Å². The van der Waals surface area contributed by atoms with Gasteiger partial charge in [-0.25, -0.2) is 15.0 Å². The topological polar surface area (TPSA) is 88.8 Å². The predicted octanol–water partition coefficient (Wildman–Crippen LogP) is 4.80. The van der Waals surface area contributed by atoms with Gasteiger partial charge in [0.2, 0.25) is 0 Å². The van der Waals surface area contributed by atoms with Crippen LogP contribution in [0.5, 0.6) is 0 Å². The van der Waals surface area contributed by atoms with Gasteiger partial charge < -0.3 is 10.2 Å². The second-order valence-electron chi connectivity index (χ2n) is 8.47. The number of hydrogen-bond donors (Lipinski definition) is 1. The van der Waals surface area contributed by atoms with Gasteiger partial charge in [0.05, 0.1) is 38.2 Å². The zero-order chi connectivity index (χ0) is 23.2. The third-order valence-electron chi connectivity index (χ3n) is 6.18. The number of aryl methyl sites for hydroxylation is 2. The molecule has 1 aliphatic rings. The number of hydrogen-bond acceptors (Lipinski definition) is 7. The van der Waals surface area contributed by atoms with Crippen LogP contribution in [0.2, 0.25) is 0 Å². The first kappa shape index (κ1) is 20.7. The maximum absolute atomic E-state index is 13.8. The molecular weight excluding hydrogens is 446 g/mol. The summed E-state index contributed by atoms with van der Waals surface area (Å²) >= 11 is 1.59. The number of rotatable bonds is 4. The van der Waals surface area contributed by atoms with Gasteiger partial charge in [-0.1, -0.05) is 18.2 Å². The van der Waals surface area contributed by atoms with E-state index in [0.29, 0.717) is 17.0 Å². The van der Waals surface area contributed by atoms with Crippen molar-refractivity contribution in [1.29, 1.82) is 0 Å². The number of anilines is 2. The van der Waals surface area contributed by atoms with E-state index in [-0.39, 0.29) is 5.91 Å². The lowest BCUT2D eigenvalue weighted by molar-refractivity contribution is 0.102. The number of fused-ring (bicyclic) bond motifs is 2. The smallest absolute Gasteiger partial charge is 0.257 e. The largest absolute Gasteiger partial charge is 0.354 e. The van der Waals surface area contributed by atoms with Gasteiger partial charge in [0.15, 0.2) is 17.3 Å². The zero-order valence-electron chi connectivity index (χ0n) is 18.9. The van der Waals surface area contributed by atoms with Gasteiger partial charge in [0.25, 0.3) is 5.91 Å². The van der Waals surface area contributed by atoms with Gasteiger partial charge in [-0.2, -0.15) is 5.10 Å². The molecule has 34 heavy (non-hydrogen) atoms. The molecule has 1 aliphatic heterocycles. The maximum Gasteiger partial charge on any atom is 0.257 e. The second kappa shape index (κ2) is 8.18. The maximum atomic E-state index is 13.8. The first-order valence-corrected chi connectivity index (χ1v) is 12.2. The molecule has 1 fully saturated rings. The lowest BCUT2D eigenvalue weighted by Crippen LogP contribution is -2.23. The molecule has 0 saturated carbocycles. The fraction of sp³-hybridized carbons (Fsp3) is 0.240. The van der Waals surface area contributed by atoms with Crippen molar-refractivity contribution in [3.8, 4) is 10.6 Å². The predicted molar refractivity (Wildman–Crippen MR) is 135 cm³/mol. The minimum Gasteiger partial charge on any atom is -0.354 e. The van der Waals surface area contributed by atoms with Crippen molar-refractivity contribution < 1.29 is 4.79 Å². The summed E-state index contributed by atoms with van der Waals surface area (Å²) in [6.07, 6.45) is 2.21. The Bertz CT molecular complexity index is 1530. The van der Waals surface area contributed by atoms with Gasteiger partial charge in [-0.15, -0.1) is 11.3 Å². The highest BCUT2D eigenvalue weighted by Crippen LogP contribution is 2.32. The second-order valence-corrected chi connectivity index (χ2v) is 9.42. The fourth-order valence-electron chi connectivity index (χ4n) is 4.57. The van der Waals surface area contributed by atoms with Gasteiger partial charge in [-0.05, 0) is 49.4 Å². The van der Waals surface area contributed by atoms with Crippen molar-refractivity contribution in [2.75, 3.05) is 23.3 Å². The molecule has 6 rings (SSSR count). The molecule has 1 saturated heterocycles. The summed E-state index contributed by atoms with van der Waals surface area (Å²) in [4.78, 5) is 31.4. The molecular formula is C25H23N7OS. The Morgan fingerprint density at radius 3 is 2.53 bits per heavy atom. The van der Waals surface area contributed by atoms with Crippen molar-refractivity contribution in [1.82, 2.24) is 24.7 Å². The summed E-state index contributed by atoms with van der Waals surface area (Å²) in [5, 5.41) is 10.4. The highest BCUT2D eigenvalue weighted by molar-refractivity contribution is 7.13. The molecule has 0 atom stereocenters. The molecule has 8 nitrogen and oxygen atoms in total. The first-order valence-electron chi connectivity index (χ1n) is 11.3. The Labute approximate surface area is 200 Å². The van der Waals surface area contributed by atoms with E-state index in [2.05, 4.69) is 15.3 Å². The van der Waals surface area contributed by atoms with Crippen LogP contribution >= 0.6 is 11.3 Å². The van der Waals surface area contributed by atoms with Crippen molar-refractivity contribution in [3.63, 3.8) is 0 Å². The molecule has 170 valence electrons. The molecule has 1 N–H and O–H groups in total. The van der Waals surface area contributed by atoms with Crippen LogP contribution in [0.15, 0.2) is 47.8 Å². The molecule has 5 heterocycles. The molecule has 9 heteroatoms. The third kappa shape index (κ3) is 3.49. The number of thiophene rings is 1. The molecule has 0 bridgehead atoms. The zero-order valence-corrected chi connectivity index (χ0v) is 19.8. The van der Waals surface area contributed by atoms with Gasteiger partial charge in [0, 0.05) is 20.1 Å². The summed E-state index contributed by atoms with van der Waals surface area (Å²) in [5.41, 5.74) is 4.28. The normalized spacial score (nSPS) is 13.8. The average molecular weight is 470 g/mol. The van der Waals surface area contributed by atoms with Crippen LogP contribution in [0.1, 0.15) is 28.9 Å². The molecule has 0 aliphatic carbocycles. The minimum absolute atomic E-state index is 0.244. The average Bonchev–Trinajstić information content (AvgIpc) is 3.61. The number of para-hydroxylation sites is 2. The van der Waals surface area contributed by atoms with Crippen molar-refractivity contribution in [2.45, 2.75) is 19.8 Å². The molecule has 0 radical (unpaired) electrons. The summed E-state index contributed by atoms with van der Waals surface area (Å²) in [6, 6.07) is 13.6. The molecule has 1 aromatic carbocycles. The van der Waals surface area contributed by atoms with E-state index >= 15 is 0 Å². The summed E-state index contributed by atoms with van der Waals surface area (Å²) in [6.45, 7) is 3.70. The van der Waals surface area contributed by atoms with E-state index in [4.69, 9.17) is 15.0 Å². The Morgan fingerprint density at radius 2 is 1.79 bits per heavy atom. The van der Waals surface area contributed by atoms with Gasteiger partial charge in [0.1, 0.15) is 0 Å². The van der Waals surface area contributed by atoms with Gasteiger partial charge in [-0.3, -0.25) is 9.48 Å². The molecule has 1 amide bonds. The summed E-state index contributed by atoms with van der Waals surface area (Å²) in [7, 11) is 1.85. The quantitative estimate of drug-likeness (QED) is 0.407. The van der Waals surface area contributed by atoms with Crippen LogP contribution in [-0.4, -0.2) is 43.7 Å². The lowest BCUT2D eigenvalue weighted by atomic mass is 10.1. The number of aromatic nitrogens is 5. The van der Waals surface area contributed by atoms with Crippen molar-refractivity contribution in [3.05, 3.63) is 59.1 Å². The fourth-order valence-corrected chi connectivity index (χ4v) is 5.26. The third-order valence-corrected chi connectivity index (χ3v) is 7.07. The summed E-state index contributed by atoms with van der Waals surface area (Å²) in [5.74, 6) is 0.956. The highest BCUT2D eigenvalue weighted by atomic mass is 32.1. The van der Waals surface area contributed by atoms with Crippen LogP contribution in [0, 0.1) is 6.92 Å². The molecule has 4 aromatic heterocycles. The number of nitrogens with one attached hydrogen (secondary N) is 1. The van der Waals surface area contributed by atoms with Gasteiger partial charge >= 0.3 is 0 Å². The lowest BCUT2D eigenvalue weighted by Gasteiger charge is -2.20.